The lowest BCUT2D eigenvalue weighted by molar-refractivity contribution is 0.314. The van der Waals surface area contributed by atoms with Gasteiger partial charge in [0, 0.05) is 42.5 Å². The van der Waals surface area contributed by atoms with E-state index in [1.165, 1.54) is 0 Å². The van der Waals surface area contributed by atoms with Crippen molar-refractivity contribution in [1.29, 1.82) is 0 Å². The van der Waals surface area contributed by atoms with Gasteiger partial charge in [-0.2, -0.15) is 5.10 Å². The van der Waals surface area contributed by atoms with Crippen molar-refractivity contribution in [3.63, 3.8) is 0 Å². The van der Waals surface area contributed by atoms with Crippen molar-refractivity contribution in [2.75, 3.05) is 13.7 Å². The summed E-state index contributed by atoms with van der Waals surface area (Å²) in [6.07, 6.45) is 2.63. The minimum absolute atomic E-state index is 0.623. The van der Waals surface area contributed by atoms with Crippen molar-refractivity contribution in [3.05, 3.63) is 46.7 Å². The second-order valence-electron chi connectivity index (χ2n) is 4.33. The highest BCUT2D eigenvalue weighted by Gasteiger charge is 2.05. The highest BCUT2D eigenvalue weighted by Crippen LogP contribution is 2.23. The van der Waals surface area contributed by atoms with Crippen LogP contribution in [0.3, 0.4) is 0 Å². The van der Waals surface area contributed by atoms with E-state index in [-0.39, 0.29) is 0 Å². The Hall–Kier alpha value is -1.52. The molecule has 0 spiro atoms. The Morgan fingerprint density at radius 3 is 2.89 bits per heavy atom. The van der Waals surface area contributed by atoms with E-state index in [9.17, 15) is 0 Å². The van der Waals surface area contributed by atoms with E-state index in [1.807, 2.05) is 43.0 Å². The molecule has 0 saturated heterocycles. The number of halogens is 1. The van der Waals surface area contributed by atoms with Gasteiger partial charge in [0.2, 0.25) is 0 Å². The fraction of sp³-hybridized carbons (Fsp3) is 0.357. The number of nitrogens with zero attached hydrogens (tertiary/aromatic N) is 2. The first-order valence-electron chi connectivity index (χ1n) is 6.23. The first-order chi connectivity index (χ1) is 9.20. The van der Waals surface area contributed by atoms with Gasteiger partial charge in [0.25, 0.3) is 0 Å². The summed E-state index contributed by atoms with van der Waals surface area (Å²) in [6.45, 7) is 1.36. The van der Waals surface area contributed by atoms with Crippen molar-refractivity contribution in [2.24, 2.45) is 7.05 Å². The van der Waals surface area contributed by atoms with Gasteiger partial charge in [-0.25, -0.2) is 0 Å². The van der Waals surface area contributed by atoms with Gasteiger partial charge in [0.05, 0.1) is 6.61 Å². The average molecular weight is 280 g/mol. The molecule has 2 aromatic rings. The molecular weight excluding hydrogens is 262 g/mol. The molecule has 0 atom stereocenters. The largest absolute Gasteiger partial charge is 0.493 e. The van der Waals surface area contributed by atoms with Crippen LogP contribution in [0.1, 0.15) is 11.3 Å². The lowest BCUT2D eigenvalue weighted by Crippen LogP contribution is -2.10. The van der Waals surface area contributed by atoms with E-state index in [4.69, 9.17) is 16.3 Å². The normalized spacial score (nSPS) is 10.7. The smallest absolute Gasteiger partial charge is 0.123 e. The first kappa shape index (κ1) is 13.9. The Balaban J connectivity index is 1.97. The van der Waals surface area contributed by atoms with Gasteiger partial charge in [-0.15, -0.1) is 0 Å². The third-order valence-electron chi connectivity index (χ3n) is 2.93. The molecule has 1 aromatic heterocycles. The van der Waals surface area contributed by atoms with Crippen LogP contribution in [0.4, 0.5) is 0 Å². The van der Waals surface area contributed by atoms with Gasteiger partial charge in [-0.3, -0.25) is 4.68 Å². The van der Waals surface area contributed by atoms with Crippen LogP contribution >= 0.6 is 11.6 Å². The lowest BCUT2D eigenvalue weighted by atomic mass is 10.2. The van der Waals surface area contributed by atoms with Crippen LogP contribution in [0.15, 0.2) is 30.5 Å². The average Bonchev–Trinajstić information content (AvgIpc) is 2.78. The van der Waals surface area contributed by atoms with E-state index in [0.717, 1.165) is 35.0 Å². The van der Waals surface area contributed by atoms with Gasteiger partial charge in [-0.1, -0.05) is 11.6 Å². The van der Waals surface area contributed by atoms with Crippen molar-refractivity contribution in [3.8, 4) is 5.75 Å². The second-order valence-corrected chi connectivity index (χ2v) is 4.76. The minimum atomic E-state index is 0.623. The molecule has 0 radical (unpaired) electrons. The maximum atomic E-state index is 5.99. The fourth-order valence-electron chi connectivity index (χ4n) is 1.93. The lowest BCUT2D eigenvalue weighted by Gasteiger charge is -2.12. The van der Waals surface area contributed by atoms with E-state index in [1.54, 1.807) is 6.20 Å². The molecule has 0 aliphatic carbocycles. The molecule has 19 heavy (non-hydrogen) atoms. The zero-order valence-electron chi connectivity index (χ0n) is 11.2. The van der Waals surface area contributed by atoms with Crippen LogP contribution in [0.2, 0.25) is 5.02 Å². The van der Waals surface area contributed by atoms with Gasteiger partial charge >= 0.3 is 0 Å². The summed E-state index contributed by atoms with van der Waals surface area (Å²) >= 11 is 5.99. The van der Waals surface area contributed by atoms with Crippen molar-refractivity contribution < 1.29 is 4.74 Å². The fourth-order valence-corrected chi connectivity index (χ4v) is 2.12. The molecule has 5 heteroatoms. The summed E-state index contributed by atoms with van der Waals surface area (Å²) < 4.78 is 7.69. The summed E-state index contributed by atoms with van der Waals surface area (Å²) in [6, 6.07) is 7.69. The number of hydrogen-bond donors (Lipinski definition) is 1. The van der Waals surface area contributed by atoms with E-state index >= 15 is 0 Å². The SMILES string of the molecule is CNCc1cc(Cl)ccc1OCCc1ccnn1C. The standard InChI is InChI=1S/C14H18ClN3O/c1-16-10-11-9-12(15)3-4-14(11)19-8-6-13-5-7-17-18(13)2/h3-5,7,9,16H,6,8,10H2,1-2H3. The Morgan fingerprint density at radius 1 is 1.37 bits per heavy atom. The van der Waals surface area contributed by atoms with Crippen LogP contribution in [0.25, 0.3) is 0 Å². The van der Waals surface area contributed by atoms with Crippen LogP contribution in [-0.4, -0.2) is 23.4 Å². The number of ether oxygens (including phenoxy) is 1. The van der Waals surface area contributed by atoms with Crippen LogP contribution in [0.5, 0.6) is 5.75 Å². The predicted octanol–water partition coefficient (Wildman–Crippen LogP) is 2.41. The topological polar surface area (TPSA) is 39.1 Å². The second kappa shape index (κ2) is 6.59. The zero-order chi connectivity index (χ0) is 13.7. The molecule has 0 unspecified atom stereocenters. The molecule has 0 aliphatic heterocycles. The van der Waals surface area contributed by atoms with E-state index < -0.39 is 0 Å². The molecule has 0 amide bonds. The molecular formula is C14H18ClN3O. The van der Waals surface area contributed by atoms with Crippen LogP contribution in [0, 0.1) is 0 Å². The molecule has 4 nitrogen and oxygen atoms in total. The minimum Gasteiger partial charge on any atom is -0.493 e. The number of aromatic nitrogens is 2. The molecule has 2 rings (SSSR count). The van der Waals surface area contributed by atoms with Crippen molar-refractivity contribution in [2.45, 2.75) is 13.0 Å². The van der Waals surface area contributed by atoms with Crippen molar-refractivity contribution >= 4 is 11.6 Å². The number of hydrogen-bond acceptors (Lipinski definition) is 3. The number of rotatable bonds is 6. The van der Waals surface area contributed by atoms with E-state index in [0.29, 0.717) is 6.61 Å². The Bertz CT molecular complexity index is 539. The highest BCUT2D eigenvalue weighted by molar-refractivity contribution is 6.30. The Morgan fingerprint density at radius 2 is 2.21 bits per heavy atom. The van der Waals surface area contributed by atoms with Gasteiger partial charge < -0.3 is 10.1 Å². The first-order valence-corrected chi connectivity index (χ1v) is 6.61. The summed E-state index contributed by atoms with van der Waals surface area (Å²) in [7, 11) is 3.84. The Labute approximate surface area is 118 Å². The molecule has 102 valence electrons. The molecule has 1 heterocycles. The molecule has 0 fully saturated rings. The summed E-state index contributed by atoms with van der Waals surface area (Å²) in [4.78, 5) is 0. The highest BCUT2D eigenvalue weighted by atomic mass is 35.5. The maximum Gasteiger partial charge on any atom is 0.123 e. The van der Waals surface area contributed by atoms with E-state index in [2.05, 4.69) is 10.4 Å². The Kier molecular flexibility index (Phi) is 4.82. The van der Waals surface area contributed by atoms with Gasteiger partial charge in [0.1, 0.15) is 5.75 Å². The number of benzene rings is 1. The van der Waals surface area contributed by atoms with Crippen molar-refractivity contribution in [1.82, 2.24) is 15.1 Å². The summed E-state index contributed by atoms with van der Waals surface area (Å²) in [5, 5.41) is 7.97. The van der Waals surface area contributed by atoms with Gasteiger partial charge in [0.15, 0.2) is 0 Å². The molecule has 0 saturated carbocycles. The number of nitrogens with one attached hydrogen (secondary N) is 1. The summed E-state index contributed by atoms with van der Waals surface area (Å²) in [5.41, 5.74) is 2.23. The van der Waals surface area contributed by atoms with Crippen LogP contribution < -0.4 is 10.1 Å². The third kappa shape index (κ3) is 3.72. The summed E-state index contributed by atoms with van der Waals surface area (Å²) in [5.74, 6) is 0.876. The monoisotopic (exact) mass is 279 g/mol. The quantitative estimate of drug-likeness (QED) is 0.883. The molecule has 1 aromatic carbocycles. The number of aryl methyl sites for hydroxylation is 1. The van der Waals surface area contributed by atoms with Crippen LogP contribution in [-0.2, 0) is 20.0 Å². The predicted molar refractivity (Wildman–Crippen MR) is 76.6 cm³/mol. The zero-order valence-corrected chi connectivity index (χ0v) is 11.9. The third-order valence-corrected chi connectivity index (χ3v) is 3.16. The van der Waals surface area contributed by atoms with Gasteiger partial charge in [-0.05, 0) is 31.3 Å². The maximum absolute atomic E-state index is 5.99. The molecule has 1 N–H and O–H groups in total. The molecule has 0 bridgehead atoms. The molecule has 0 aliphatic rings.